The zero-order valence-corrected chi connectivity index (χ0v) is 15.9. The van der Waals surface area contributed by atoms with Gasteiger partial charge in [-0.25, -0.2) is 4.79 Å². The first-order valence-corrected chi connectivity index (χ1v) is 9.80. The summed E-state index contributed by atoms with van der Waals surface area (Å²) in [6.45, 7) is 1.71. The molecule has 1 atom stereocenters. The highest BCUT2D eigenvalue weighted by Gasteiger charge is 2.33. The number of benzene rings is 2. The van der Waals surface area contributed by atoms with Crippen LogP contribution in [0.3, 0.4) is 0 Å². The molecule has 1 aliphatic rings. The summed E-state index contributed by atoms with van der Waals surface area (Å²) < 4.78 is 5.57. The average Bonchev–Trinajstić information content (AvgIpc) is 2.68. The number of hydrogen-bond acceptors (Lipinski definition) is 3. The van der Waals surface area contributed by atoms with E-state index >= 15 is 0 Å². The Kier molecular flexibility index (Phi) is 6.46. The molecule has 1 N–H and O–H groups in total. The Labute approximate surface area is 161 Å². The number of ether oxygens (including phenoxy) is 1. The normalized spacial score (nSPS) is 17.9. The smallest absolute Gasteiger partial charge is 0.342 e. The predicted octanol–water partition coefficient (Wildman–Crippen LogP) is 5.09. The van der Waals surface area contributed by atoms with Crippen LogP contribution in [0.15, 0.2) is 72.3 Å². The lowest BCUT2D eigenvalue weighted by Gasteiger charge is -2.28. The van der Waals surface area contributed by atoms with Gasteiger partial charge in [-0.3, -0.25) is 0 Å². The van der Waals surface area contributed by atoms with Crippen molar-refractivity contribution in [1.82, 2.24) is 0 Å². The molecule has 1 unspecified atom stereocenters. The van der Waals surface area contributed by atoms with Crippen LogP contribution in [-0.4, -0.2) is 16.7 Å². The third kappa shape index (κ3) is 5.54. The van der Waals surface area contributed by atoms with Crippen molar-refractivity contribution < 1.29 is 14.6 Å². The van der Waals surface area contributed by atoms with E-state index in [4.69, 9.17) is 4.74 Å². The highest BCUT2D eigenvalue weighted by molar-refractivity contribution is 5.92. The number of carbonyl (C=O) groups excluding carboxylic acids is 1. The monoisotopic (exact) mass is 364 g/mol. The number of carbonyl (C=O) groups is 1. The first kappa shape index (κ1) is 19.4. The van der Waals surface area contributed by atoms with Gasteiger partial charge in [0.1, 0.15) is 5.75 Å². The van der Waals surface area contributed by atoms with Crippen LogP contribution in [-0.2, 0) is 11.2 Å². The first-order chi connectivity index (χ1) is 13.0. The third-order valence-corrected chi connectivity index (χ3v) is 5.20. The Bertz CT molecular complexity index is 757. The lowest BCUT2D eigenvalue weighted by molar-refractivity contribution is -0.132. The van der Waals surface area contributed by atoms with Crippen LogP contribution in [0.2, 0.25) is 0 Å². The first-order valence-electron chi connectivity index (χ1n) is 9.80. The minimum atomic E-state index is -1.29. The molecular formula is C24H28O3. The molecule has 0 radical (unpaired) electrons. The number of esters is 1. The Morgan fingerprint density at radius 2 is 1.63 bits per heavy atom. The molecule has 3 rings (SSSR count). The van der Waals surface area contributed by atoms with Crippen LogP contribution >= 0.6 is 0 Å². The average molecular weight is 364 g/mol. The van der Waals surface area contributed by atoms with E-state index in [1.165, 1.54) is 19.3 Å². The standard InChI is InChI=1S/C24H28O3/c1-24(26,18-20-13-7-3-8-14-20)22(17-19-11-5-2-6-12-19)23(25)27-21-15-9-4-10-16-21/h3-4,7-10,13-17,19,26H,2,5-6,11-12,18H2,1H3/b22-17+. The fourth-order valence-electron chi connectivity index (χ4n) is 3.74. The van der Waals surface area contributed by atoms with Gasteiger partial charge in [-0.15, -0.1) is 0 Å². The maximum atomic E-state index is 13.0. The van der Waals surface area contributed by atoms with E-state index in [1.54, 1.807) is 19.1 Å². The van der Waals surface area contributed by atoms with Gasteiger partial charge in [-0.2, -0.15) is 0 Å². The molecule has 1 fully saturated rings. The lowest BCUT2D eigenvalue weighted by atomic mass is 9.82. The molecule has 0 aromatic heterocycles. The molecule has 0 saturated heterocycles. The Balaban J connectivity index is 1.86. The van der Waals surface area contributed by atoms with Crippen LogP contribution in [0.1, 0.15) is 44.6 Å². The fraction of sp³-hybridized carbons (Fsp3) is 0.375. The van der Waals surface area contributed by atoms with E-state index in [9.17, 15) is 9.90 Å². The fourth-order valence-corrected chi connectivity index (χ4v) is 3.74. The van der Waals surface area contributed by atoms with Crippen molar-refractivity contribution >= 4 is 5.97 Å². The third-order valence-electron chi connectivity index (χ3n) is 5.20. The molecule has 0 bridgehead atoms. The summed E-state index contributed by atoms with van der Waals surface area (Å²) in [6, 6.07) is 18.8. The van der Waals surface area contributed by atoms with E-state index in [0.29, 0.717) is 23.7 Å². The van der Waals surface area contributed by atoms with Gasteiger partial charge >= 0.3 is 5.97 Å². The molecule has 0 amide bonds. The Morgan fingerprint density at radius 1 is 1.04 bits per heavy atom. The molecule has 3 heteroatoms. The van der Waals surface area contributed by atoms with Crippen molar-refractivity contribution in [3.8, 4) is 5.75 Å². The SMILES string of the molecule is CC(O)(Cc1ccccc1)/C(=C/C1CCCCC1)C(=O)Oc1ccccc1. The summed E-state index contributed by atoms with van der Waals surface area (Å²) in [4.78, 5) is 13.0. The quantitative estimate of drug-likeness (QED) is 0.441. The molecule has 1 aliphatic carbocycles. The number of allylic oxidation sites excluding steroid dienone is 1. The van der Waals surface area contributed by atoms with Crippen LogP contribution < -0.4 is 4.74 Å². The summed E-state index contributed by atoms with van der Waals surface area (Å²) in [7, 11) is 0. The molecule has 27 heavy (non-hydrogen) atoms. The summed E-state index contributed by atoms with van der Waals surface area (Å²) in [5, 5.41) is 11.2. The van der Waals surface area contributed by atoms with Gasteiger partial charge < -0.3 is 9.84 Å². The topological polar surface area (TPSA) is 46.5 Å². The molecule has 3 nitrogen and oxygen atoms in total. The van der Waals surface area contributed by atoms with Crippen molar-refractivity contribution in [2.45, 2.75) is 51.0 Å². The van der Waals surface area contributed by atoms with Crippen LogP contribution in [0.25, 0.3) is 0 Å². The second-order valence-electron chi connectivity index (χ2n) is 7.62. The van der Waals surface area contributed by atoms with Crippen LogP contribution in [0.5, 0.6) is 5.75 Å². The molecule has 2 aromatic rings. The van der Waals surface area contributed by atoms with E-state index in [2.05, 4.69) is 0 Å². The summed E-state index contributed by atoms with van der Waals surface area (Å²) in [5.74, 6) is 0.347. The van der Waals surface area contributed by atoms with Gasteiger partial charge in [0, 0.05) is 6.42 Å². The second kappa shape index (κ2) is 9.01. The Morgan fingerprint density at radius 3 is 2.26 bits per heavy atom. The zero-order chi connectivity index (χ0) is 19.1. The maximum Gasteiger partial charge on any atom is 0.342 e. The number of hydrogen-bond donors (Lipinski definition) is 1. The van der Waals surface area contributed by atoms with Gasteiger partial charge in [0.15, 0.2) is 0 Å². The molecular weight excluding hydrogens is 336 g/mol. The van der Waals surface area contributed by atoms with Crippen molar-refractivity contribution in [2.24, 2.45) is 5.92 Å². The van der Waals surface area contributed by atoms with Crippen molar-refractivity contribution in [1.29, 1.82) is 0 Å². The van der Waals surface area contributed by atoms with Crippen LogP contribution in [0.4, 0.5) is 0 Å². The number of para-hydroxylation sites is 1. The highest BCUT2D eigenvalue weighted by atomic mass is 16.5. The van der Waals surface area contributed by atoms with E-state index < -0.39 is 11.6 Å². The molecule has 2 aromatic carbocycles. The van der Waals surface area contributed by atoms with Gasteiger partial charge in [0.25, 0.3) is 0 Å². The summed E-state index contributed by atoms with van der Waals surface area (Å²) in [5.41, 5.74) is 0.0664. The van der Waals surface area contributed by atoms with Crippen molar-refractivity contribution in [2.75, 3.05) is 0 Å². The molecule has 0 spiro atoms. The van der Waals surface area contributed by atoms with Crippen molar-refractivity contribution in [3.05, 3.63) is 77.9 Å². The predicted molar refractivity (Wildman–Crippen MR) is 108 cm³/mol. The largest absolute Gasteiger partial charge is 0.423 e. The summed E-state index contributed by atoms with van der Waals surface area (Å²) in [6.07, 6.45) is 8.04. The van der Waals surface area contributed by atoms with Gasteiger partial charge in [0.05, 0.1) is 11.2 Å². The minimum absolute atomic E-state index is 0.319. The summed E-state index contributed by atoms with van der Waals surface area (Å²) >= 11 is 0. The minimum Gasteiger partial charge on any atom is -0.423 e. The zero-order valence-electron chi connectivity index (χ0n) is 15.9. The lowest BCUT2D eigenvalue weighted by Crippen LogP contribution is -2.36. The van der Waals surface area contributed by atoms with E-state index in [1.807, 2.05) is 54.6 Å². The van der Waals surface area contributed by atoms with E-state index in [0.717, 1.165) is 18.4 Å². The Hall–Kier alpha value is -2.39. The van der Waals surface area contributed by atoms with Gasteiger partial charge in [-0.05, 0) is 43.4 Å². The number of rotatable bonds is 6. The highest BCUT2D eigenvalue weighted by Crippen LogP contribution is 2.31. The van der Waals surface area contributed by atoms with Crippen molar-refractivity contribution in [3.63, 3.8) is 0 Å². The number of aliphatic hydroxyl groups is 1. The maximum absolute atomic E-state index is 13.0. The molecule has 0 aliphatic heterocycles. The molecule has 1 saturated carbocycles. The second-order valence-corrected chi connectivity index (χ2v) is 7.62. The van der Waals surface area contributed by atoms with Crippen LogP contribution in [0, 0.1) is 5.92 Å². The molecule has 0 heterocycles. The van der Waals surface area contributed by atoms with E-state index in [-0.39, 0.29) is 0 Å². The molecule has 142 valence electrons. The van der Waals surface area contributed by atoms with Gasteiger partial charge in [-0.1, -0.05) is 73.9 Å². The van der Waals surface area contributed by atoms with Gasteiger partial charge in [0.2, 0.25) is 0 Å².